The van der Waals surface area contributed by atoms with E-state index in [2.05, 4.69) is 5.10 Å². The zero-order chi connectivity index (χ0) is 13.8. The van der Waals surface area contributed by atoms with E-state index < -0.39 is 5.82 Å². The molecule has 1 aromatic heterocycles. The van der Waals surface area contributed by atoms with Crippen molar-refractivity contribution in [1.82, 2.24) is 9.78 Å². The third-order valence-electron chi connectivity index (χ3n) is 2.87. The van der Waals surface area contributed by atoms with Crippen molar-refractivity contribution in [2.45, 2.75) is 12.8 Å². The number of carbonyl (C=O) groups excluding carboxylic acids is 1. The van der Waals surface area contributed by atoms with Crippen LogP contribution in [0.4, 0.5) is 4.39 Å². The van der Waals surface area contributed by atoms with Crippen molar-refractivity contribution in [3.8, 4) is 5.75 Å². The first-order chi connectivity index (χ1) is 9.10. The Morgan fingerprint density at radius 2 is 2.26 bits per heavy atom. The number of rotatable bonds is 5. The number of halogens is 1. The van der Waals surface area contributed by atoms with Crippen molar-refractivity contribution in [1.29, 1.82) is 0 Å². The number of carbonyl (C=O) groups is 1. The molecule has 0 aliphatic heterocycles. The summed E-state index contributed by atoms with van der Waals surface area (Å²) in [5.74, 6) is -0.469. The van der Waals surface area contributed by atoms with Gasteiger partial charge in [-0.1, -0.05) is 0 Å². The van der Waals surface area contributed by atoms with Crippen molar-refractivity contribution in [2.75, 3.05) is 7.11 Å². The van der Waals surface area contributed by atoms with Crippen LogP contribution in [0.3, 0.4) is 0 Å². The molecule has 0 saturated carbocycles. The van der Waals surface area contributed by atoms with Crippen LogP contribution < -0.4 is 4.74 Å². The van der Waals surface area contributed by atoms with E-state index in [0.717, 1.165) is 5.56 Å². The first-order valence-electron chi connectivity index (χ1n) is 5.94. The summed E-state index contributed by atoms with van der Waals surface area (Å²) in [5.41, 5.74) is 1.35. The molecule has 0 aliphatic carbocycles. The lowest BCUT2D eigenvalue weighted by Gasteiger charge is -2.04. The first kappa shape index (κ1) is 13.3. The molecule has 0 aliphatic rings. The van der Waals surface area contributed by atoms with E-state index in [9.17, 15) is 9.18 Å². The molecule has 19 heavy (non-hydrogen) atoms. The van der Waals surface area contributed by atoms with Gasteiger partial charge in [-0.15, -0.1) is 0 Å². The third kappa shape index (κ3) is 3.19. The highest BCUT2D eigenvalue weighted by Crippen LogP contribution is 2.19. The molecular weight excluding hydrogens is 247 g/mol. The fourth-order valence-electron chi connectivity index (χ4n) is 1.84. The van der Waals surface area contributed by atoms with Gasteiger partial charge in [-0.05, 0) is 30.2 Å². The van der Waals surface area contributed by atoms with Gasteiger partial charge in [0.05, 0.1) is 13.3 Å². The lowest BCUT2D eigenvalue weighted by Crippen LogP contribution is -2.02. The van der Waals surface area contributed by atoms with Gasteiger partial charge >= 0.3 is 0 Å². The number of methoxy groups -OCH3 is 1. The van der Waals surface area contributed by atoms with Crippen molar-refractivity contribution >= 4 is 5.78 Å². The second-order valence-electron chi connectivity index (χ2n) is 4.29. The Morgan fingerprint density at radius 1 is 1.47 bits per heavy atom. The second-order valence-corrected chi connectivity index (χ2v) is 4.29. The van der Waals surface area contributed by atoms with Crippen LogP contribution in [0.15, 0.2) is 30.6 Å². The Hall–Kier alpha value is -2.17. The van der Waals surface area contributed by atoms with Crippen LogP contribution in [0, 0.1) is 5.82 Å². The third-order valence-corrected chi connectivity index (χ3v) is 2.87. The molecule has 100 valence electrons. The fourth-order valence-corrected chi connectivity index (χ4v) is 1.84. The Labute approximate surface area is 110 Å². The molecular formula is C14H15FN2O2. The predicted molar refractivity (Wildman–Crippen MR) is 68.8 cm³/mol. The number of hydrogen-bond acceptors (Lipinski definition) is 3. The van der Waals surface area contributed by atoms with Crippen LogP contribution in [-0.2, 0) is 13.5 Å². The number of Topliss-reactive ketones (excluding diaryl/α,β-unsaturated/α-hetero) is 1. The first-order valence-corrected chi connectivity index (χ1v) is 5.94. The van der Waals surface area contributed by atoms with E-state index in [1.54, 1.807) is 16.9 Å². The van der Waals surface area contributed by atoms with Gasteiger partial charge in [0.2, 0.25) is 0 Å². The van der Waals surface area contributed by atoms with Gasteiger partial charge in [-0.25, -0.2) is 4.39 Å². The van der Waals surface area contributed by atoms with Crippen LogP contribution in [0.25, 0.3) is 0 Å². The zero-order valence-electron chi connectivity index (χ0n) is 10.9. The number of benzene rings is 1. The molecule has 1 heterocycles. The van der Waals surface area contributed by atoms with Gasteiger partial charge in [0.15, 0.2) is 17.3 Å². The van der Waals surface area contributed by atoms with Crippen LogP contribution in [0.2, 0.25) is 0 Å². The monoisotopic (exact) mass is 262 g/mol. The zero-order valence-corrected chi connectivity index (χ0v) is 10.9. The Kier molecular flexibility index (Phi) is 3.94. The lowest BCUT2D eigenvalue weighted by molar-refractivity contribution is 0.0982. The van der Waals surface area contributed by atoms with E-state index in [0.29, 0.717) is 18.4 Å². The van der Waals surface area contributed by atoms with Crippen molar-refractivity contribution in [3.63, 3.8) is 0 Å². The van der Waals surface area contributed by atoms with Crippen molar-refractivity contribution in [3.05, 3.63) is 47.5 Å². The summed E-state index contributed by atoms with van der Waals surface area (Å²) in [7, 11) is 3.21. The van der Waals surface area contributed by atoms with Crippen LogP contribution in [-0.4, -0.2) is 22.7 Å². The number of ether oxygens (including phenoxy) is 1. The van der Waals surface area contributed by atoms with E-state index in [1.807, 2.05) is 13.2 Å². The predicted octanol–water partition coefficient (Wildman–Crippen LogP) is 2.38. The molecule has 2 rings (SSSR count). The largest absolute Gasteiger partial charge is 0.494 e. The number of hydrogen-bond donors (Lipinski definition) is 0. The molecule has 1 aromatic carbocycles. The summed E-state index contributed by atoms with van der Waals surface area (Å²) in [6, 6.07) is 4.25. The SMILES string of the molecule is COc1ccc(C(=O)CCc2cnn(C)c2)cc1F. The maximum Gasteiger partial charge on any atom is 0.165 e. The molecule has 2 aromatic rings. The maximum atomic E-state index is 13.5. The quantitative estimate of drug-likeness (QED) is 0.777. The number of nitrogens with zero attached hydrogens (tertiary/aromatic N) is 2. The van der Waals surface area contributed by atoms with Gasteiger partial charge in [0, 0.05) is 25.2 Å². The molecule has 4 nitrogen and oxygen atoms in total. The van der Waals surface area contributed by atoms with Gasteiger partial charge in [0.25, 0.3) is 0 Å². The highest BCUT2D eigenvalue weighted by Gasteiger charge is 2.10. The minimum Gasteiger partial charge on any atom is -0.494 e. The fraction of sp³-hybridized carbons (Fsp3) is 0.286. The molecule has 0 atom stereocenters. The molecule has 0 unspecified atom stereocenters. The molecule has 0 bridgehead atoms. The number of aryl methyl sites for hydroxylation is 2. The summed E-state index contributed by atoms with van der Waals surface area (Å²) in [6.07, 6.45) is 4.52. The van der Waals surface area contributed by atoms with Crippen molar-refractivity contribution < 1.29 is 13.9 Å². The normalized spacial score (nSPS) is 10.5. The van der Waals surface area contributed by atoms with E-state index in [1.165, 1.54) is 19.2 Å². The highest BCUT2D eigenvalue weighted by atomic mass is 19.1. The molecule has 0 spiro atoms. The number of aromatic nitrogens is 2. The standard InChI is InChI=1S/C14H15FN2O2/c1-17-9-10(8-16-17)3-5-13(18)11-4-6-14(19-2)12(15)7-11/h4,6-9H,3,5H2,1-2H3. The molecule has 0 N–H and O–H groups in total. The minimum atomic E-state index is -0.519. The summed E-state index contributed by atoms with van der Waals surface area (Å²) >= 11 is 0. The maximum absolute atomic E-state index is 13.5. The summed E-state index contributed by atoms with van der Waals surface area (Å²) in [6.45, 7) is 0. The van der Waals surface area contributed by atoms with Gasteiger partial charge in [-0.2, -0.15) is 5.10 Å². The average molecular weight is 262 g/mol. The van der Waals surface area contributed by atoms with Gasteiger partial charge < -0.3 is 4.74 Å². The van der Waals surface area contributed by atoms with Crippen LogP contribution in [0.1, 0.15) is 22.3 Å². The smallest absolute Gasteiger partial charge is 0.165 e. The van der Waals surface area contributed by atoms with E-state index >= 15 is 0 Å². The summed E-state index contributed by atoms with van der Waals surface area (Å²) in [5, 5.41) is 4.03. The summed E-state index contributed by atoms with van der Waals surface area (Å²) in [4.78, 5) is 11.9. The molecule has 0 fully saturated rings. The number of ketones is 1. The van der Waals surface area contributed by atoms with Crippen LogP contribution in [0.5, 0.6) is 5.75 Å². The minimum absolute atomic E-state index is 0.0922. The molecule has 0 amide bonds. The second kappa shape index (κ2) is 5.65. The Balaban J connectivity index is 2.01. The van der Waals surface area contributed by atoms with Crippen LogP contribution >= 0.6 is 0 Å². The van der Waals surface area contributed by atoms with E-state index in [-0.39, 0.29) is 11.5 Å². The Morgan fingerprint density at radius 3 is 2.84 bits per heavy atom. The average Bonchev–Trinajstić information content (AvgIpc) is 2.81. The highest BCUT2D eigenvalue weighted by molar-refractivity contribution is 5.96. The molecule has 5 heteroatoms. The molecule has 0 radical (unpaired) electrons. The van der Waals surface area contributed by atoms with Gasteiger partial charge in [0.1, 0.15) is 0 Å². The van der Waals surface area contributed by atoms with Crippen molar-refractivity contribution in [2.24, 2.45) is 7.05 Å². The van der Waals surface area contributed by atoms with E-state index in [4.69, 9.17) is 4.74 Å². The molecule has 0 saturated heterocycles. The Bertz CT molecular complexity index is 593. The van der Waals surface area contributed by atoms with Gasteiger partial charge in [-0.3, -0.25) is 9.48 Å². The summed E-state index contributed by atoms with van der Waals surface area (Å²) < 4.78 is 20.0. The lowest BCUT2D eigenvalue weighted by atomic mass is 10.0. The topological polar surface area (TPSA) is 44.1 Å².